The third-order valence-electron chi connectivity index (χ3n) is 4.22. The van der Waals surface area contributed by atoms with E-state index >= 15 is 0 Å². The van der Waals surface area contributed by atoms with E-state index in [9.17, 15) is 9.59 Å². The summed E-state index contributed by atoms with van der Waals surface area (Å²) in [5.41, 5.74) is 6.73. The zero-order valence-electron chi connectivity index (χ0n) is 12.9. The van der Waals surface area contributed by atoms with E-state index < -0.39 is 0 Å². The largest absolute Gasteiger partial charge is 0.358 e. The summed E-state index contributed by atoms with van der Waals surface area (Å²) in [6.07, 6.45) is 2.68. The van der Waals surface area contributed by atoms with Crippen LogP contribution in [0.1, 0.15) is 32.9 Å². The van der Waals surface area contributed by atoms with E-state index in [-0.39, 0.29) is 5.91 Å². The summed E-state index contributed by atoms with van der Waals surface area (Å²) in [6, 6.07) is 6.01. The zero-order valence-corrected chi connectivity index (χ0v) is 12.9. The van der Waals surface area contributed by atoms with Gasteiger partial charge in [0.15, 0.2) is 13.6 Å². The van der Waals surface area contributed by atoms with E-state index in [2.05, 4.69) is 17.1 Å². The van der Waals surface area contributed by atoms with Crippen LogP contribution in [-0.4, -0.2) is 24.5 Å². The molecule has 1 aliphatic rings. The summed E-state index contributed by atoms with van der Waals surface area (Å²) in [5.74, 6) is -0.109. The molecule has 1 aromatic carbocycles. The maximum atomic E-state index is 12.2. The smallest absolute Gasteiger partial charge is 0.256 e. The van der Waals surface area contributed by atoms with Crippen LogP contribution in [0.4, 0.5) is 5.69 Å². The highest BCUT2D eigenvalue weighted by atomic mass is 16.2. The number of hydrogen-bond acceptors (Lipinski definition) is 2. The molecular weight excluding hydrogens is 275 g/mol. The minimum Gasteiger partial charge on any atom is -0.358 e. The summed E-state index contributed by atoms with van der Waals surface area (Å²) in [4.78, 5) is 26.6. The normalized spacial score (nSPS) is 14.9. The molecular formula is C17H17BN2O2. The lowest BCUT2D eigenvalue weighted by molar-refractivity contribution is -0.110. The van der Waals surface area contributed by atoms with Gasteiger partial charge in [-0.1, -0.05) is 24.4 Å². The van der Waals surface area contributed by atoms with Crippen LogP contribution < -0.4 is 10.8 Å². The van der Waals surface area contributed by atoms with Crippen LogP contribution in [0.15, 0.2) is 18.2 Å². The number of aldehydes is 1. The number of aromatic nitrogens is 1. The standard InChI is InChI=1S/C17H17BN2O2/c1-9-14(8-21)10(2)19-16(9)7-13-12-6-11(18-3)4-5-15(12)20-17(13)22/h4-8,18-19H,1-3H3,(H,20,22)/b13-7-. The first kappa shape index (κ1) is 14.4. The minimum absolute atomic E-state index is 0.109. The number of nitrogens with one attached hydrogen (secondary N) is 2. The summed E-state index contributed by atoms with van der Waals surface area (Å²) in [5, 5.41) is 2.88. The van der Waals surface area contributed by atoms with Gasteiger partial charge in [0.1, 0.15) is 0 Å². The van der Waals surface area contributed by atoms with Gasteiger partial charge in [-0.2, -0.15) is 0 Å². The first-order valence-electron chi connectivity index (χ1n) is 7.35. The maximum Gasteiger partial charge on any atom is 0.256 e. The Hall–Kier alpha value is -2.56. The Morgan fingerprint density at radius 1 is 1.23 bits per heavy atom. The number of benzene rings is 1. The van der Waals surface area contributed by atoms with Crippen molar-refractivity contribution in [2.45, 2.75) is 20.7 Å². The maximum absolute atomic E-state index is 12.2. The van der Waals surface area contributed by atoms with Gasteiger partial charge in [0.05, 0.1) is 5.57 Å². The van der Waals surface area contributed by atoms with Crippen molar-refractivity contribution in [3.8, 4) is 0 Å². The van der Waals surface area contributed by atoms with Crippen molar-refractivity contribution in [3.63, 3.8) is 0 Å². The van der Waals surface area contributed by atoms with Crippen LogP contribution in [-0.2, 0) is 4.79 Å². The number of aromatic amines is 1. The Morgan fingerprint density at radius 2 is 2.00 bits per heavy atom. The molecule has 0 atom stereocenters. The second kappa shape index (κ2) is 5.33. The van der Waals surface area contributed by atoms with Crippen LogP contribution >= 0.6 is 0 Å². The lowest BCUT2D eigenvalue weighted by Crippen LogP contribution is -2.09. The molecule has 0 unspecified atom stereocenters. The molecule has 3 rings (SSSR count). The van der Waals surface area contributed by atoms with Crippen molar-refractivity contribution in [1.29, 1.82) is 0 Å². The van der Waals surface area contributed by atoms with Crippen LogP contribution in [0, 0.1) is 13.8 Å². The third-order valence-corrected chi connectivity index (χ3v) is 4.22. The molecule has 110 valence electrons. The number of carbonyl (C=O) groups excluding carboxylic acids is 2. The van der Waals surface area contributed by atoms with Crippen LogP contribution in [0.3, 0.4) is 0 Å². The SMILES string of the molecule is CBc1ccc2c(c1)/C(=C/c1[nH]c(C)c(C=O)c1C)C(=O)N2. The van der Waals surface area contributed by atoms with E-state index in [0.717, 1.165) is 41.8 Å². The van der Waals surface area contributed by atoms with Gasteiger partial charge in [-0.3, -0.25) is 9.59 Å². The predicted octanol–water partition coefficient (Wildman–Crippen LogP) is 2.05. The van der Waals surface area contributed by atoms with E-state index in [0.29, 0.717) is 11.1 Å². The van der Waals surface area contributed by atoms with E-state index in [4.69, 9.17) is 0 Å². The highest BCUT2D eigenvalue weighted by Gasteiger charge is 2.25. The molecule has 0 bridgehead atoms. The first-order chi connectivity index (χ1) is 10.5. The minimum atomic E-state index is -0.109. The molecule has 0 fully saturated rings. The number of H-pyrrole nitrogens is 1. The number of fused-ring (bicyclic) bond motifs is 1. The molecule has 0 radical (unpaired) electrons. The quantitative estimate of drug-likeness (QED) is 0.516. The van der Waals surface area contributed by atoms with Crippen molar-refractivity contribution in [2.75, 3.05) is 5.32 Å². The predicted molar refractivity (Wildman–Crippen MR) is 91.2 cm³/mol. The Labute approximate surface area is 129 Å². The fourth-order valence-electron chi connectivity index (χ4n) is 2.85. The first-order valence-corrected chi connectivity index (χ1v) is 7.35. The lowest BCUT2D eigenvalue weighted by atomic mass is 9.72. The van der Waals surface area contributed by atoms with Gasteiger partial charge in [-0.25, -0.2) is 0 Å². The molecule has 2 aromatic rings. The molecule has 0 aliphatic carbocycles. The van der Waals surface area contributed by atoms with Gasteiger partial charge < -0.3 is 10.3 Å². The fraction of sp³-hybridized carbons (Fsp3) is 0.176. The number of anilines is 1. The van der Waals surface area contributed by atoms with Crippen molar-refractivity contribution in [3.05, 3.63) is 46.3 Å². The van der Waals surface area contributed by atoms with Gasteiger partial charge in [0.25, 0.3) is 5.91 Å². The second-order valence-corrected chi connectivity index (χ2v) is 5.57. The average molecular weight is 292 g/mol. The Bertz CT molecular complexity index is 818. The summed E-state index contributed by atoms with van der Waals surface area (Å²) in [6.45, 7) is 5.83. The van der Waals surface area contributed by atoms with E-state index in [1.807, 2.05) is 38.1 Å². The van der Waals surface area contributed by atoms with Gasteiger partial charge in [-0.05, 0) is 31.6 Å². The van der Waals surface area contributed by atoms with E-state index in [1.165, 1.54) is 5.46 Å². The molecule has 2 heterocycles. The van der Waals surface area contributed by atoms with Crippen molar-refractivity contribution >= 4 is 42.3 Å². The highest BCUT2D eigenvalue weighted by molar-refractivity contribution is 6.52. The number of amides is 1. The Kier molecular flexibility index (Phi) is 3.49. The summed E-state index contributed by atoms with van der Waals surface area (Å²) < 4.78 is 0. The van der Waals surface area contributed by atoms with Gasteiger partial charge in [0, 0.05) is 28.2 Å². The average Bonchev–Trinajstić information content (AvgIpc) is 2.96. The van der Waals surface area contributed by atoms with Gasteiger partial charge in [-0.15, -0.1) is 0 Å². The number of rotatable bonds is 3. The number of carbonyl (C=O) groups is 2. The molecule has 4 nitrogen and oxygen atoms in total. The molecule has 0 spiro atoms. The molecule has 1 amide bonds. The molecule has 22 heavy (non-hydrogen) atoms. The van der Waals surface area contributed by atoms with Crippen LogP contribution in [0.5, 0.6) is 0 Å². The highest BCUT2D eigenvalue weighted by Crippen LogP contribution is 2.33. The van der Waals surface area contributed by atoms with Crippen molar-refractivity contribution in [2.24, 2.45) is 0 Å². The van der Waals surface area contributed by atoms with Crippen molar-refractivity contribution in [1.82, 2.24) is 4.98 Å². The topological polar surface area (TPSA) is 62.0 Å². The summed E-state index contributed by atoms with van der Waals surface area (Å²) >= 11 is 0. The van der Waals surface area contributed by atoms with Crippen LogP contribution in [0.2, 0.25) is 6.82 Å². The van der Waals surface area contributed by atoms with Crippen molar-refractivity contribution < 1.29 is 9.59 Å². The summed E-state index contributed by atoms with van der Waals surface area (Å²) in [7, 11) is 0.921. The Balaban J connectivity index is 2.13. The van der Waals surface area contributed by atoms with E-state index in [1.54, 1.807) is 0 Å². The third kappa shape index (κ3) is 2.19. The second-order valence-electron chi connectivity index (χ2n) is 5.57. The lowest BCUT2D eigenvalue weighted by Gasteiger charge is -2.02. The number of hydrogen-bond donors (Lipinski definition) is 2. The van der Waals surface area contributed by atoms with Gasteiger partial charge in [0.2, 0.25) is 0 Å². The molecule has 1 aliphatic heterocycles. The van der Waals surface area contributed by atoms with Crippen LogP contribution in [0.25, 0.3) is 11.6 Å². The molecule has 1 aromatic heterocycles. The molecule has 0 saturated heterocycles. The molecule has 5 heteroatoms. The van der Waals surface area contributed by atoms with Gasteiger partial charge >= 0.3 is 0 Å². The zero-order chi connectivity index (χ0) is 15.9. The monoisotopic (exact) mass is 292 g/mol. The number of aryl methyl sites for hydroxylation is 1. The molecule has 2 N–H and O–H groups in total. The fourth-order valence-corrected chi connectivity index (χ4v) is 2.85. The molecule has 0 saturated carbocycles. The Morgan fingerprint density at radius 3 is 2.64 bits per heavy atom.